The van der Waals surface area contributed by atoms with Gasteiger partial charge in [0.25, 0.3) is 0 Å². The van der Waals surface area contributed by atoms with Crippen molar-refractivity contribution in [2.45, 2.75) is 32.7 Å². The first-order chi connectivity index (χ1) is 7.60. The predicted octanol–water partition coefficient (Wildman–Crippen LogP) is 2.08. The first-order valence-corrected chi connectivity index (χ1v) is 5.61. The molecule has 3 N–H and O–H groups in total. The van der Waals surface area contributed by atoms with E-state index in [1.165, 1.54) is 11.1 Å². The molecule has 0 radical (unpaired) electrons. The Labute approximate surface area is 97.2 Å². The second-order valence-corrected chi connectivity index (χ2v) is 4.15. The van der Waals surface area contributed by atoms with E-state index in [0.29, 0.717) is 0 Å². The number of benzene rings is 1. The minimum Gasteiger partial charge on any atom is -0.496 e. The Bertz CT molecular complexity index is 350. The Kier molecular flexibility index (Phi) is 4.77. The van der Waals surface area contributed by atoms with Gasteiger partial charge in [0.05, 0.1) is 7.11 Å². The molecule has 3 nitrogen and oxygen atoms in total. The number of aliphatic hydroxyl groups excluding tert-OH is 1. The van der Waals surface area contributed by atoms with E-state index in [0.717, 1.165) is 24.2 Å². The van der Waals surface area contributed by atoms with Gasteiger partial charge in [0.15, 0.2) is 0 Å². The van der Waals surface area contributed by atoms with Crippen LogP contribution in [0.15, 0.2) is 12.1 Å². The van der Waals surface area contributed by atoms with Gasteiger partial charge in [0.1, 0.15) is 5.75 Å². The van der Waals surface area contributed by atoms with E-state index >= 15 is 0 Å². The fourth-order valence-electron chi connectivity index (χ4n) is 1.75. The number of hydrogen-bond acceptors (Lipinski definition) is 3. The van der Waals surface area contributed by atoms with E-state index in [2.05, 4.69) is 19.9 Å². The van der Waals surface area contributed by atoms with Crippen LogP contribution in [0.2, 0.25) is 0 Å². The highest BCUT2D eigenvalue weighted by atomic mass is 16.5. The highest BCUT2D eigenvalue weighted by Gasteiger charge is 2.13. The van der Waals surface area contributed by atoms with Gasteiger partial charge in [0, 0.05) is 18.2 Å². The van der Waals surface area contributed by atoms with Crippen molar-refractivity contribution in [2.75, 3.05) is 13.7 Å². The quantitative estimate of drug-likeness (QED) is 0.803. The molecule has 0 bridgehead atoms. The number of hydrogen-bond donors (Lipinski definition) is 2. The van der Waals surface area contributed by atoms with Crippen LogP contribution in [0.5, 0.6) is 5.75 Å². The monoisotopic (exact) mass is 223 g/mol. The number of aliphatic hydroxyl groups is 1. The smallest absolute Gasteiger partial charge is 0.123 e. The minimum atomic E-state index is -0.0681. The SMILES string of the molecule is COc1cc(C)c(C)cc1C(N)CCCO. The molecule has 0 amide bonds. The second kappa shape index (κ2) is 5.87. The average molecular weight is 223 g/mol. The molecule has 0 fully saturated rings. The number of methoxy groups -OCH3 is 1. The molecule has 16 heavy (non-hydrogen) atoms. The lowest BCUT2D eigenvalue weighted by atomic mass is 9.97. The highest BCUT2D eigenvalue weighted by molar-refractivity contribution is 5.43. The normalized spacial score (nSPS) is 12.6. The van der Waals surface area contributed by atoms with E-state index in [1.54, 1.807) is 7.11 Å². The third-order valence-electron chi connectivity index (χ3n) is 2.92. The van der Waals surface area contributed by atoms with Gasteiger partial charge in [0.2, 0.25) is 0 Å². The Morgan fingerprint density at radius 2 is 1.94 bits per heavy atom. The van der Waals surface area contributed by atoms with E-state index in [4.69, 9.17) is 15.6 Å². The first kappa shape index (κ1) is 13.0. The largest absolute Gasteiger partial charge is 0.496 e. The topological polar surface area (TPSA) is 55.5 Å². The van der Waals surface area contributed by atoms with E-state index in [9.17, 15) is 0 Å². The summed E-state index contributed by atoms with van der Waals surface area (Å²) in [6, 6.07) is 4.03. The molecule has 1 aromatic rings. The van der Waals surface area contributed by atoms with Crippen molar-refractivity contribution in [3.05, 3.63) is 28.8 Å². The van der Waals surface area contributed by atoms with Gasteiger partial charge in [-0.15, -0.1) is 0 Å². The maximum absolute atomic E-state index is 8.80. The molecule has 1 aromatic carbocycles. The summed E-state index contributed by atoms with van der Waals surface area (Å²) < 4.78 is 5.34. The average Bonchev–Trinajstić information content (AvgIpc) is 2.28. The zero-order valence-corrected chi connectivity index (χ0v) is 10.3. The van der Waals surface area contributed by atoms with Crippen molar-refractivity contribution in [3.8, 4) is 5.75 Å². The molecule has 0 aliphatic rings. The molecule has 0 aliphatic carbocycles. The van der Waals surface area contributed by atoms with Crippen molar-refractivity contribution in [2.24, 2.45) is 5.73 Å². The molecular formula is C13H21NO2. The van der Waals surface area contributed by atoms with Crippen LogP contribution in [-0.2, 0) is 0 Å². The molecule has 1 atom stereocenters. The molecule has 1 unspecified atom stereocenters. The van der Waals surface area contributed by atoms with Gasteiger partial charge in [-0.05, 0) is 43.9 Å². The zero-order chi connectivity index (χ0) is 12.1. The van der Waals surface area contributed by atoms with Crippen LogP contribution >= 0.6 is 0 Å². The Morgan fingerprint density at radius 3 is 2.50 bits per heavy atom. The molecule has 3 heteroatoms. The van der Waals surface area contributed by atoms with Crippen LogP contribution in [0.3, 0.4) is 0 Å². The van der Waals surface area contributed by atoms with Gasteiger partial charge >= 0.3 is 0 Å². The third-order valence-corrected chi connectivity index (χ3v) is 2.92. The molecule has 0 saturated carbocycles. The second-order valence-electron chi connectivity index (χ2n) is 4.15. The molecule has 0 spiro atoms. The minimum absolute atomic E-state index is 0.0681. The van der Waals surface area contributed by atoms with Crippen molar-refractivity contribution in [1.82, 2.24) is 0 Å². The summed E-state index contributed by atoms with van der Waals surface area (Å²) in [5, 5.41) is 8.80. The molecule has 0 heterocycles. The fourth-order valence-corrected chi connectivity index (χ4v) is 1.75. The van der Waals surface area contributed by atoms with E-state index < -0.39 is 0 Å². The highest BCUT2D eigenvalue weighted by Crippen LogP contribution is 2.29. The van der Waals surface area contributed by atoms with Gasteiger partial charge in [-0.3, -0.25) is 0 Å². The Morgan fingerprint density at radius 1 is 1.31 bits per heavy atom. The van der Waals surface area contributed by atoms with Gasteiger partial charge in [-0.25, -0.2) is 0 Å². The fraction of sp³-hybridized carbons (Fsp3) is 0.538. The van der Waals surface area contributed by atoms with Crippen LogP contribution in [0.4, 0.5) is 0 Å². The maximum Gasteiger partial charge on any atom is 0.123 e. The summed E-state index contributed by atoms with van der Waals surface area (Å²) in [6.45, 7) is 4.30. The Hall–Kier alpha value is -1.06. The lowest BCUT2D eigenvalue weighted by Gasteiger charge is -2.17. The summed E-state index contributed by atoms with van der Waals surface area (Å²) >= 11 is 0. The number of ether oxygens (including phenoxy) is 1. The van der Waals surface area contributed by atoms with E-state index in [1.807, 2.05) is 6.07 Å². The van der Waals surface area contributed by atoms with Crippen molar-refractivity contribution in [3.63, 3.8) is 0 Å². The molecule has 0 aliphatic heterocycles. The number of rotatable bonds is 5. The third kappa shape index (κ3) is 2.97. The summed E-state index contributed by atoms with van der Waals surface area (Å²) in [4.78, 5) is 0. The summed E-state index contributed by atoms with van der Waals surface area (Å²) in [5.41, 5.74) is 9.53. The number of nitrogens with two attached hydrogens (primary N) is 1. The lowest BCUT2D eigenvalue weighted by Crippen LogP contribution is -2.12. The standard InChI is InChI=1S/C13H21NO2/c1-9-7-11(12(14)5-4-6-15)13(16-3)8-10(9)2/h7-8,12,15H,4-6,14H2,1-3H3. The summed E-state index contributed by atoms with van der Waals surface area (Å²) in [6.07, 6.45) is 1.49. The first-order valence-electron chi connectivity index (χ1n) is 5.61. The molecule has 0 aromatic heterocycles. The Balaban J connectivity index is 2.96. The molecule has 90 valence electrons. The zero-order valence-electron chi connectivity index (χ0n) is 10.3. The van der Waals surface area contributed by atoms with Crippen LogP contribution in [0.25, 0.3) is 0 Å². The van der Waals surface area contributed by atoms with Gasteiger partial charge in [-0.2, -0.15) is 0 Å². The van der Waals surface area contributed by atoms with Crippen LogP contribution in [0, 0.1) is 13.8 Å². The maximum atomic E-state index is 8.80. The van der Waals surface area contributed by atoms with E-state index in [-0.39, 0.29) is 12.6 Å². The predicted molar refractivity (Wildman–Crippen MR) is 65.7 cm³/mol. The van der Waals surface area contributed by atoms with Crippen LogP contribution in [0.1, 0.15) is 35.6 Å². The van der Waals surface area contributed by atoms with Crippen molar-refractivity contribution >= 4 is 0 Å². The van der Waals surface area contributed by atoms with Gasteiger partial charge < -0.3 is 15.6 Å². The summed E-state index contributed by atoms with van der Waals surface area (Å²) in [5.74, 6) is 0.841. The molecular weight excluding hydrogens is 202 g/mol. The van der Waals surface area contributed by atoms with Gasteiger partial charge in [-0.1, -0.05) is 6.07 Å². The number of aryl methyl sites for hydroxylation is 2. The van der Waals surface area contributed by atoms with Crippen molar-refractivity contribution in [1.29, 1.82) is 0 Å². The molecule has 0 saturated heterocycles. The lowest BCUT2D eigenvalue weighted by molar-refractivity contribution is 0.279. The van der Waals surface area contributed by atoms with Crippen LogP contribution < -0.4 is 10.5 Å². The van der Waals surface area contributed by atoms with Crippen LogP contribution in [-0.4, -0.2) is 18.8 Å². The molecule has 1 rings (SSSR count). The summed E-state index contributed by atoms with van der Waals surface area (Å²) in [7, 11) is 1.66. The van der Waals surface area contributed by atoms with Crippen molar-refractivity contribution < 1.29 is 9.84 Å².